The highest BCUT2D eigenvalue weighted by Crippen LogP contribution is 2.11. The first kappa shape index (κ1) is 14.3. The SMILES string of the molecule is C[C@H](NC(=O)CN(C)Cc1ccco1)c1ccccc1. The van der Waals surface area contributed by atoms with Crippen LogP contribution in [0, 0.1) is 0 Å². The summed E-state index contributed by atoms with van der Waals surface area (Å²) in [5.74, 6) is 0.867. The van der Waals surface area contributed by atoms with E-state index in [1.807, 2.05) is 61.3 Å². The highest BCUT2D eigenvalue weighted by atomic mass is 16.3. The maximum Gasteiger partial charge on any atom is 0.234 e. The molecule has 1 amide bonds. The van der Waals surface area contributed by atoms with Crippen LogP contribution in [0.25, 0.3) is 0 Å². The van der Waals surface area contributed by atoms with Gasteiger partial charge in [0.15, 0.2) is 0 Å². The molecule has 0 fully saturated rings. The van der Waals surface area contributed by atoms with Crippen molar-refractivity contribution in [2.24, 2.45) is 0 Å². The number of nitrogens with zero attached hydrogens (tertiary/aromatic N) is 1. The predicted octanol–water partition coefficient (Wildman–Crippen LogP) is 2.59. The fourth-order valence-corrected chi connectivity index (χ4v) is 2.08. The largest absolute Gasteiger partial charge is 0.468 e. The zero-order valence-corrected chi connectivity index (χ0v) is 11.9. The van der Waals surface area contributed by atoms with Crippen LogP contribution in [0.2, 0.25) is 0 Å². The summed E-state index contributed by atoms with van der Waals surface area (Å²) in [7, 11) is 1.90. The molecule has 2 aromatic rings. The first-order valence-corrected chi connectivity index (χ1v) is 6.70. The molecule has 0 aliphatic heterocycles. The van der Waals surface area contributed by atoms with Crippen molar-refractivity contribution >= 4 is 5.91 Å². The van der Waals surface area contributed by atoms with Crippen LogP contribution in [-0.4, -0.2) is 24.4 Å². The van der Waals surface area contributed by atoms with E-state index in [4.69, 9.17) is 4.42 Å². The van der Waals surface area contributed by atoms with Gasteiger partial charge in [-0.3, -0.25) is 9.69 Å². The molecule has 1 N–H and O–H groups in total. The summed E-state index contributed by atoms with van der Waals surface area (Å²) in [5, 5.41) is 3.00. The molecular formula is C16H20N2O2. The Hall–Kier alpha value is -2.07. The van der Waals surface area contributed by atoms with Gasteiger partial charge in [0, 0.05) is 0 Å². The van der Waals surface area contributed by atoms with Gasteiger partial charge in [-0.05, 0) is 31.7 Å². The van der Waals surface area contributed by atoms with Gasteiger partial charge in [0.2, 0.25) is 5.91 Å². The molecule has 0 saturated heterocycles. The van der Waals surface area contributed by atoms with E-state index >= 15 is 0 Å². The minimum atomic E-state index is 0.00964. The van der Waals surface area contributed by atoms with Gasteiger partial charge < -0.3 is 9.73 Å². The summed E-state index contributed by atoms with van der Waals surface area (Å²) < 4.78 is 5.26. The molecule has 1 heterocycles. The van der Waals surface area contributed by atoms with Gasteiger partial charge in [-0.15, -0.1) is 0 Å². The molecule has 1 atom stereocenters. The number of amides is 1. The van der Waals surface area contributed by atoms with Gasteiger partial charge in [0.25, 0.3) is 0 Å². The van der Waals surface area contributed by atoms with Crippen LogP contribution in [0.1, 0.15) is 24.3 Å². The average Bonchev–Trinajstić information content (AvgIpc) is 2.92. The second-order valence-corrected chi connectivity index (χ2v) is 4.95. The smallest absolute Gasteiger partial charge is 0.234 e. The summed E-state index contributed by atoms with van der Waals surface area (Å²) in [6, 6.07) is 13.7. The molecule has 106 valence electrons. The van der Waals surface area contributed by atoms with Crippen LogP contribution in [0.15, 0.2) is 53.1 Å². The van der Waals surface area contributed by atoms with E-state index in [2.05, 4.69) is 5.32 Å². The minimum Gasteiger partial charge on any atom is -0.468 e. The van der Waals surface area contributed by atoms with Crippen LogP contribution in [0.3, 0.4) is 0 Å². The number of rotatable bonds is 6. The summed E-state index contributed by atoms with van der Waals surface area (Å²) >= 11 is 0. The van der Waals surface area contributed by atoms with Gasteiger partial charge in [0.1, 0.15) is 5.76 Å². The number of benzene rings is 1. The van der Waals surface area contributed by atoms with Crippen molar-refractivity contribution < 1.29 is 9.21 Å². The number of nitrogens with one attached hydrogen (secondary N) is 1. The fraction of sp³-hybridized carbons (Fsp3) is 0.312. The van der Waals surface area contributed by atoms with Crippen LogP contribution in [-0.2, 0) is 11.3 Å². The number of hydrogen-bond donors (Lipinski definition) is 1. The normalized spacial score (nSPS) is 12.3. The topological polar surface area (TPSA) is 45.5 Å². The average molecular weight is 272 g/mol. The van der Waals surface area contributed by atoms with E-state index in [0.29, 0.717) is 13.1 Å². The number of furan rings is 1. The lowest BCUT2D eigenvalue weighted by atomic mass is 10.1. The van der Waals surface area contributed by atoms with Gasteiger partial charge in [0.05, 0.1) is 25.4 Å². The zero-order chi connectivity index (χ0) is 14.4. The Morgan fingerprint density at radius 1 is 1.25 bits per heavy atom. The third kappa shape index (κ3) is 4.24. The first-order chi connectivity index (χ1) is 9.65. The second-order valence-electron chi connectivity index (χ2n) is 4.95. The molecule has 0 aliphatic rings. The first-order valence-electron chi connectivity index (χ1n) is 6.70. The summed E-state index contributed by atoms with van der Waals surface area (Å²) in [5.41, 5.74) is 1.11. The number of carbonyl (C=O) groups is 1. The Balaban J connectivity index is 1.80. The lowest BCUT2D eigenvalue weighted by Crippen LogP contribution is -2.36. The minimum absolute atomic E-state index is 0.00964. The molecule has 0 bridgehead atoms. The van der Waals surface area contributed by atoms with Crippen LogP contribution in [0.4, 0.5) is 0 Å². The molecule has 4 heteroatoms. The molecule has 0 radical (unpaired) electrons. The molecular weight excluding hydrogens is 252 g/mol. The lowest BCUT2D eigenvalue weighted by molar-refractivity contribution is -0.122. The third-order valence-electron chi connectivity index (χ3n) is 3.10. The van der Waals surface area contributed by atoms with Gasteiger partial charge in [-0.25, -0.2) is 0 Å². The van der Waals surface area contributed by atoms with E-state index in [1.165, 1.54) is 0 Å². The van der Waals surface area contributed by atoms with Crippen molar-refractivity contribution in [3.63, 3.8) is 0 Å². The number of likely N-dealkylation sites (N-methyl/N-ethyl adjacent to an activating group) is 1. The summed E-state index contributed by atoms with van der Waals surface area (Å²) in [6.45, 7) is 2.96. The fourth-order valence-electron chi connectivity index (χ4n) is 2.08. The van der Waals surface area contributed by atoms with Gasteiger partial charge in [-0.2, -0.15) is 0 Å². The molecule has 0 spiro atoms. The summed E-state index contributed by atoms with van der Waals surface area (Å²) in [4.78, 5) is 13.9. The molecule has 1 aromatic heterocycles. The Morgan fingerprint density at radius 3 is 2.65 bits per heavy atom. The van der Waals surface area contributed by atoms with E-state index in [-0.39, 0.29) is 11.9 Å². The van der Waals surface area contributed by atoms with Crippen molar-refractivity contribution in [2.75, 3.05) is 13.6 Å². The Morgan fingerprint density at radius 2 is 2.00 bits per heavy atom. The molecule has 0 unspecified atom stereocenters. The van der Waals surface area contributed by atoms with Gasteiger partial charge in [-0.1, -0.05) is 30.3 Å². The van der Waals surface area contributed by atoms with Crippen molar-refractivity contribution in [1.29, 1.82) is 0 Å². The molecule has 0 saturated carbocycles. The maximum atomic E-state index is 12.0. The Bertz CT molecular complexity index is 523. The quantitative estimate of drug-likeness (QED) is 0.879. The van der Waals surface area contributed by atoms with Crippen LogP contribution < -0.4 is 5.32 Å². The number of carbonyl (C=O) groups excluding carboxylic acids is 1. The van der Waals surface area contributed by atoms with Crippen LogP contribution in [0.5, 0.6) is 0 Å². The standard InChI is InChI=1S/C16H20N2O2/c1-13(14-7-4-3-5-8-14)17-16(19)12-18(2)11-15-9-6-10-20-15/h3-10,13H,11-12H2,1-2H3,(H,17,19)/t13-/m0/s1. The van der Waals surface area contributed by atoms with Crippen molar-refractivity contribution in [2.45, 2.75) is 19.5 Å². The van der Waals surface area contributed by atoms with Crippen LogP contribution >= 0.6 is 0 Å². The molecule has 1 aromatic carbocycles. The Labute approximate surface area is 119 Å². The van der Waals surface area contributed by atoms with Crippen molar-refractivity contribution in [3.05, 3.63) is 60.1 Å². The highest BCUT2D eigenvalue weighted by molar-refractivity contribution is 5.78. The molecule has 20 heavy (non-hydrogen) atoms. The lowest BCUT2D eigenvalue weighted by Gasteiger charge is -2.18. The predicted molar refractivity (Wildman–Crippen MR) is 78.0 cm³/mol. The third-order valence-corrected chi connectivity index (χ3v) is 3.10. The van der Waals surface area contributed by atoms with E-state index in [0.717, 1.165) is 11.3 Å². The van der Waals surface area contributed by atoms with Crippen molar-refractivity contribution in [3.8, 4) is 0 Å². The van der Waals surface area contributed by atoms with E-state index < -0.39 is 0 Å². The second kappa shape index (κ2) is 6.91. The molecule has 2 rings (SSSR count). The monoisotopic (exact) mass is 272 g/mol. The number of hydrogen-bond acceptors (Lipinski definition) is 3. The molecule has 4 nitrogen and oxygen atoms in total. The van der Waals surface area contributed by atoms with E-state index in [9.17, 15) is 4.79 Å². The van der Waals surface area contributed by atoms with E-state index in [1.54, 1.807) is 6.26 Å². The maximum absolute atomic E-state index is 12.0. The molecule has 0 aliphatic carbocycles. The zero-order valence-electron chi connectivity index (χ0n) is 11.9. The van der Waals surface area contributed by atoms with Gasteiger partial charge >= 0.3 is 0 Å². The highest BCUT2D eigenvalue weighted by Gasteiger charge is 2.12. The van der Waals surface area contributed by atoms with Crippen molar-refractivity contribution in [1.82, 2.24) is 10.2 Å². The summed E-state index contributed by atoms with van der Waals surface area (Å²) in [6.07, 6.45) is 1.64. The Kier molecular flexibility index (Phi) is 4.96.